The molecule has 170 valence electrons. The van der Waals surface area contributed by atoms with E-state index in [1.807, 2.05) is 55.5 Å². The summed E-state index contributed by atoms with van der Waals surface area (Å²) in [6, 6.07) is 20.1. The lowest BCUT2D eigenvalue weighted by molar-refractivity contribution is -0.118. The third kappa shape index (κ3) is 6.83. The fourth-order valence-corrected chi connectivity index (χ4v) is 4.33. The predicted molar refractivity (Wildman–Crippen MR) is 134 cm³/mol. The van der Waals surface area contributed by atoms with E-state index < -0.39 is 0 Å². The van der Waals surface area contributed by atoms with Crippen molar-refractivity contribution in [1.82, 2.24) is 5.32 Å². The number of ether oxygens (including phenoxy) is 1. The van der Waals surface area contributed by atoms with E-state index in [0.717, 1.165) is 39.8 Å². The first-order chi connectivity index (χ1) is 15.0. The highest BCUT2D eigenvalue weighted by atomic mass is 16.5. The first-order valence-corrected chi connectivity index (χ1v) is 11.3. The molecule has 3 aromatic carbocycles. The molecule has 0 aliphatic heterocycles. The van der Waals surface area contributed by atoms with Crippen LogP contribution in [-0.2, 0) is 11.3 Å². The Balaban J connectivity index is 1.76. The number of carbonyl (C=O) groups is 1. The Bertz CT molecular complexity index is 1060. The van der Waals surface area contributed by atoms with Crippen molar-refractivity contribution in [3.8, 4) is 5.75 Å². The van der Waals surface area contributed by atoms with Gasteiger partial charge >= 0.3 is 0 Å². The van der Waals surface area contributed by atoms with Gasteiger partial charge in [0.1, 0.15) is 5.75 Å². The second-order valence-corrected chi connectivity index (χ2v) is 10.4. The van der Waals surface area contributed by atoms with Crippen molar-refractivity contribution in [3.63, 3.8) is 0 Å². The molecule has 0 aliphatic rings. The van der Waals surface area contributed by atoms with E-state index in [0.29, 0.717) is 6.54 Å². The molecule has 32 heavy (non-hydrogen) atoms. The number of nitrogens with one attached hydrogen (secondary N) is 2. The van der Waals surface area contributed by atoms with Crippen molar-refractivity contribution in [1.29, 1.82) is 0 Å². The average molecular weight is 433 g/mol. The van der Waals surface area contributed by atoms with E-state index in [2.05, 4.69) is 57.4 Å². The van der Waals surface area contributed by atoms with Crippen LogP contribution in [0.15, 0.2) is 60.7 Å². The van der Waals surface area contributed by atoms with Gasteiger partial charge in [0.25, 0.3) is 5.91 Å². The quantitative estimate of drug-likeness (QED) is 0.429. The van der Waals surface area contributed by atoms with E-state index in [-0.39, 0.29) is 23.5 Å². The van der Waals surface area contributed by atoms with Gasteiger partial charge in [-0.2, -0.15) is 0 Å². The van der Waals surface area contributed by atoms with Crippen LogP contribution in [0.5, 0.6) is 5.75 Å². The topological polar surface area (TPSA) is 50.4 Å². The minimum atomic E-state index is -0.172. The summed E-state index contributed by atoms with van der Waals surface area (Å²) in [4.78, 5) is 12.5. The van der Waals surface area contributed by atoms with Crippen molar-refractivity contribution in [2.24, 2.45) is 5.41 Å². The van der Waals surface area contributed by atoms with Crippen LogP contribution in [0.2, 0.25) is 0 Å². The van der Waals surface area contributed by atoms with E-state index in [4.69, 9.17) is 4.74 Å². The van der Waals surface area contributed by atoms with E-state index in [1.165, 1.54) is 0 Å². The van der Waals surface area contributed by atoms with Crippen LogP contribution >= 0.6 is 0 Å². The molecule has 4 nitrogen and oxygen atoms in total. The monoisotopic (exact) mass is 432 g/mol. The van der Waals surface area contributed by atoms with Gasteiger partial charge in [0.15, 0.2) is 6.61 Å². The zero-order valence-electron chi connectivity index (χ0n) is 20.2. The number of hydrogen-bond acceptors (Lipinski definition) is 3. The molecule has 0 spiro atoms. The molecule has 0 fully saturated rings. The minimum absolute atomic E-state index is 0.0325. The Kier molecular flexibility index (Phi) is 7.25. The molecule has 0 heterocycles. The molecular formula is C28H36N2O2. The summed E-state index contributed by atoms with van der Waals surface area (Å²) in [5, 5.41) is 8.92. The highest BCUT2D eigenvalue weighted by Crippen LogP contribution is 2.31. The molecule has 0 bridgehead atoms. The molecule has 0 aromatic heterocycles. The summed E-state index contributed by atoms with van der Waals surface area (Å²) in [7, 11) is 0. The van der Waals surface area contributed by atoms with E-state index in [9.17, 15) is 4.79 Å². The molecule has 0 atom stereocenters. The molecule has 0 unspecified atom stereocenters. The first kappa shape index (κ1) is 23.8. The fourth-order valence-electron chi connectivity index (χ4n) is 4.33. The van der Waals surface area contributed by atoms with Crippen molar-refractivity contribution in [2.75, 3.05) is 11.9 Å². The van der Waals surface area contributed by atoms with Gasteiger partial charge in [-0.3, -0.25) is 4.79 Å². The van der Waals surface area contributed by atoms with Gasteiger partial charge in [-0.1, -0.05) is 68.8 Å². The normalized spacial score (nSPS) is 12.1. The summed E-state index contributed by atoms with van der Waals surface area (Å²) in [5.74, 6) is 0.566. The molecule has 0 saturated carbocycles. The van der Waals surface area contributed by atoms with Crippen molar-refractivity contribution < 1.29 is 9.53 Å². The Hall–Kier alpha value is -2.85. The second-order valence-electron chi connectivity index (χ2n) is 10.4. The molecule has 0 radical (unpaired) electrons. The van der Waals surface area contributed by atoms with Crippen LogP contribution in [0.1, 0.15) is 52.2 Å². The Morgan fingerprint density at radius 1 is 0.906 bits per heavy atom. The van der Waals surface area contributed by atoms with Gasteiger partial charge in [0.2, 0.25) is 0 Å². The fraction of sp³-hybridized carbons (Fsp3) is 0.393. The van der Waals surface area contributed by atoms with E-state index >= 15 is 0 Å². The first-order valence-electron chi connectivity index (χ1n) is 11.3. The minimum Gasteiger partial charge on any atom is -0.483 e. The maximum atomic E-state index is 12.5. The smallest absolute Gasteiger partial charge is 0.262 e. The number of carbonyl (C=O) groups excluding carboxylic acids is 1. The summed E-state index contributed by atoms with van der Waals surface area (Å²) >= 11 is 0. The van der Waals surface area contributed by atoms with Crippen LogP contribution in [0.3, 0.4) is 0 Å². The zero-order valence-corrected chi connectivity index (χ0v) is 20.2. The third-order valence-corrected chi connectivity index (χ3v) is 5.41. The van der Waals surface area contributed by atoms with Gasteiger partial charge in [0, 0.05) is 23.3 Å². The predicted octanol–water partition coefficient (Wildman–Crippen LogP) is 6.47. The summed E-state index contributed by atoms with van der Waals surface area (Å²) in [6.07, 6.45) is 1.04. The molecule has 2 N–H and O–H groups in total. The number of amides is 1. The van der Waals surface area contributed by atoms with E-state index in [1.54, 1.807) is 0 Å². The number of aryl methyl sites for hydroxylation is 1. The lowest BCUT2D eigenvalue weighted by Crippen LogP contribution is -2.42. The van der Waals surface area contributed by atoms with Gasteiger partial charge in [-0.25, -0.2) is 0 Å². The second kappa shape index (κ2) is 9.74. The van der Waals surface area contributed by atoms with Crippen LogP contribution in [-0.4, -0.2) is 18.1 Å². The highest BCUT2D eigenvalue weighted by molar-refractivity contribution is 5.92. The molecular weight excluding hydrogens is 396 g/mol. The summed E-state index contributed by atoms with van der Waals surface area (Å²) < 4.78 is 6.02. The highest BCUT2D eigenvalue weighted by Gasteiger charge is 2.25. The molecule has 3 rings (SSSR count). The largest absolute Gasteiger partial charge is 0.483 e. The van der Waals surface area contributed by atoms with Crippen LogP contribution < -0.4 is 15.4 Å². The summed E-state index contributed by atoms with van der Waals surface area (Å²) in [6.45, 7) is 13.9. The van der Waals surface area contributed by atoms with Crippen LogP contribution in [0.4, 0.5) is 5.69 Å². The SMILES string of the molecule is Cc1ccc(NC(=O)COc2ccc3ccccc3c2CNC(C)(C)CC(C)(C)C)cc1. The zero-order chi connectivity index (χ0) is 23.4. The molecule has 4 heteroatoms. The van der Waals surface area contributed by atoms with Gasteiger partial charge in [-0.05, 0) is 61.6 Å². The number of rotatable bonds is 8. The third-order valence-electron chi connectivity index (χ3n) is 5.41. The lowest BCUT2D eigenvalue weighted by atomic mass is 9.81. The maximum Gasteiger partial charge on any atom is 0.262 e. The van der Waals surface area contributed by atoms with Crippen LogP contribution in [0, 0.1) is 12.3 Å². The molecule has 1 amide bonds. The summed E-state index contributed by atoms with van der Waals surface area (Å²) in [5.41, 5.74) is 3.20. The Morgan fingerprint density at radius 3 is 2.28 bits per heavy atom. The lowest BCUT2D eigenvalue weighted by Gasteiger charge is -2.34. The van der Waals surface area contributed by atoms with Gasteiger partial charge < -0.3 is 15.4 Å². The van der Waals surface area contributed by atoms with Crippen molar-refractivity contribution in [3.05, 3.63) is 71.8 Å². The number of fused-ring (bicyclic) bond motifs is 1. The van der Waals surface area contributed by atoms with Crippen LogP contribution in [0.25, 0.3) is 10.8 Å². The maximum absolute atomic E-state index is 12.5. The number of anilines is 1. The number of benzene rings is 3. The van der Waals surface area contributed by atoms with Gasteiger partial charge in [0.05, 0.1) is 0 Å². The molecule has 0 aliphatic carbocycles. The number of hydrogen-bond donors (Lipinski definition) is 2. The average Bonchev–Trinajstić information content (AvgIpc) is 2.71. The van der Waals surface area contributed by atoms with Crippen molar-refractivity contribution >= 4 is 22.4 Å². The standard InChI is InChI=1S/C28H36N2O2/c1-20-11-14-22(15-12-20)30-26(31)18-32-25-16-13-21-9-7-8-10-23(21)24(25)17-29-28(5,6)19-27(2,3)4/h7-16,29H,17-19H2,1-6H3,(H,30,31). The Labute approximate surface area is 192 Å². The van der Waals surface area contributed by atoms with Gasteiger partial charge in [-0.15, -0.1) is 0 Å². The Morgan fingerprint density at radius 2 is 1.59 bits per heavy atom. The molecule has 0 saturated heterocycles. The molecule has 3 aromatic rings. The van der Waals surface area contributed by atoms with Crippen molar-refractivity contribution in [2.45, 2.75) is 60.0 Å².